The van der Waals surface area contributed by atoms with E-state index in [-0.39, 0.29) is 5.91 Å². The van der Waals surface area contributed by atoms with E-state index in [1.165, 1.54) is 5.56 Å². The van der Waals surface area contributed by atoms with Gasteiger partial charge in [-0.25, -0.2) is 0 Å². The third kappa shape index (κ3) is 1.88. The third-order valence-corrected chi connectivity index (χ3v) is 3.80. The summed E-state index contributed by atoms with van der Waals surface area (Å²) in [6.07, 6.45) is 1.41. The summed E-state index contributed by atoms with van der Waals surface area (Å²) < 4.78 is 0. The predicted molar refractivity (Wildman–Crippen MR) is 58.2 cm³/mol. The molecule has 1 fully saturated rings. The zero-order chi connectivity index (χ0) is 10.9. The molecule has 1 amide bonds. The Hall–Kier alpha value is -1.34. The monoisotopic (exact) mass is 220 g/mol. The van der Waals surface area contributed by atoms with Crippen LogP contribution in [0.1, 0.15) is 23.3 Å². The second kappa shape index (κ2) is 3.67. The topological polar surface area (TPSA) is 52.9 Å². The summed E-state index contributed by atoms with van der Waals surface area (Å²) in [4.78, 5) is 12.8. The lowest BCUT2D eigenvalue weighted by Gasteiger charge is -2.07. The van der Waals surface area contributed by atoms with Crippen LogP contribution in [0.25, 0.3) is 0 Å². The lowest BCUT2D eigenvalue weighted by molar-refractivity contribution is -0.124. The first kappa shape index (κ1) is 10.2. The van der Waals surface area contributed by atoms with Gasteiger partial charge < -0.3 is 5.32 Å². The Morgan fingerprint density at radius 3 is 2.93 bits per heavy atom. The van der Waals surface area contributed by atoms with Crippen LogP contribution in [0.3, 0.4) is 0 Å². The number of hydrogen-bond acceptors (Lipinski definition) is 3. The Bertz CT molecular complexity index is 426. The summed E-state index contributed by atoms with van der Waals surface area (Å²) in [7, 11) is 0. The number of hydrogen-bond donors (Lipinski definition) is 1. The maximum atomic E-state index is 11.6. The fourth-order valence-corrected chi connectivity index (χ4v) is 2.28. The molecule has 4 heteroatoms. The third-order valence-electron chi connectivity index (χ3n) is 2.78. The zero-order valence-electron chi connectivity index (χ0n) is 8.54. The number of carbonyl (C=O) groups is 1. The molecule has 0 unspecified atom stereocenters. The average molecular weight is 220 g/mol. The van der Waals surface area contributed by atoms with Crippen molar-refractivity contribution in [2.45, 2.75) is 26.3 Å². The van der Waals surface area contributed by atoms with Crippen LogP contribution in [-0.4, -0.2) is 5.91 Å². The van der Waals surface area contributed by atoms with Gasteiger partial charge in [0.25, 0.3) is 0 Å². The molecular weight excluding hydrogens is 208 g/mol. The van der Waals surface area contributed by atoms with Crippen LogP contribution < -0.4 is 5.32 Å². The van der Waals surface area contributed by atoms with Crippen molar-refractivity contribution in [2.24, 2.45) is 5.41 Å². The van der Waals surface area contributed by atoms with Gasteiger partial charge in [0.15, 0.2) is 0 Å². The molecule has 1 aliphatic carbocycles. The van der Waals surface area contributed by atoms with Gasteiger partial charge >= 0.3 is 0 Å². The lowest BCUT2D eigenvalue weighted by Crippen LogP contribution is -2.30. The van der Waals surface area contributed by atoms with Crippen LogP contribution in [0.15, 0.2) is 11.4 Å². The van der Waals surface area contributed by atoms with E-state index >= 15 is 0 Å². The summed E-state index contributed by atoms with van der Waals surface area (Å²) >= 11 is 1.63. The zero-order valence-corrected chi connectivity index (χ0v) is 9.36. The molecule has 2 rings (SSSR count). The second-order valence-corrected chi connectivity index (χ2v) is 4.90. The van der Waals surface area contributed by atoms with Crippen LogP contribution in [0.4, 0.5) is 0 Å². The van der Waals surface area contributed by atoms with Crippen molar-refractivity contribution in [3.8, 4) is 6.07 Å². The molecule has 0 aliphatic heterocycles. The number of amides is 1. The number of aryl methyl sites for hydroxylation is 1. The SMILES string of the molecule is Cc1ccsc1CNC(=O)C1(C#N)CC1. The van der Waals surface area contributed by atoms with Gasteiger partial charge in [-0.1, -0.05) is 0 Å². The van der Waals surface area contributed by atoms with Gasteiger partial charge in [-0.2, -0.15) is 5.26 Å². The van der Waals surface area contributed by atoms with Crippen LogP contribution in [0, 0.1) is 23.7 Å². The fraction of sp³-hybridized carbons (Fsp3) is 0.455. The molecular formula is C11H12N2OS. The van der Waals surface area contributed by atoms with Crippen LogP contribution in [0.5, 0.6) is 0 Å². The van der Waals surface area contributed by atoms with E-state index in [9.17, 15) is 4.79 Å². The minimum absolute atomic E-state index is 0.113. The van der Waals surface area contributed by atoms with Crippen LogP contribution in [0.2, 0.25) is 0 Å². The van der Waals surface area contributed by atoms with Crippen molar-refractivity contribution in [1.82, 2.24) is 5.32 Å². The van der Waals surface area contributed by atoms with Crippen LogP contribution in [-0.2, 0) is 11.3 Å². The van der Waals surface area contributed by atoms with E-state index < -0.39 is 5.41 Å². The Morgan fingerprint density at radius 1 is 1.73 bits per heavy atom. The first-order valence-electron chi connectivity index (χ1n) is 4.90. The van der Waals surface area contributed by atoms with Crippen molar-refractivity contribution in [2.75, 3.05) is 0 Å². The Labute approximate surface area is 92.7 Å². The van der Waals surface area contributed by atoms with Gasteiger partial charge in [-0.05, 0) is 36.8 Å². The first-order chi connectivity index (χ1) is 7.18. The molecule has 1 aromatic heterocycles. The largest absolute Gasteiger partial charge is 0.350 e. The molecule has 0 atom stereocenters. The fourth-order valence-electron chi connectivity index (χ4n) is 1.43. The van der Waals surface area contributed by atoms with Crippen molar-refractivity contribution >= 4 is 17.2 Å². The van der Waals surface area contributed by atoms with E-state index in [2.05, 4.69) is 11.4 Å². The van der Waals surface area contributed by atoms with Gasteiger partial charge in [-0.3, -0.25) is 4.79 Å². The highest BCUT2D eigenvalue weighted by Gasteiger charge is 2.50. The Balaban J connectivity index is 1.93. The maximum absolute atomic E-state index is 11.6. The highest BCUT2D eigenvalue weighted by atomic mass is 32.1. The van der Waals surface area contributed by atoms with Crippen molar-refractivity contribution in [1.29, 1.82) is 5.26 Å². The number of nitrogens with one attached hydrogen (secondary N) is 1. The van der Waals surface area contributed by atoms with Gasteiger partial charge in [-0.15, -0.1) is 11.3 Å². The normalized spacial score (nSPS) is 16.8. The van der Waals surface area contributed by atoms with E-state index in [0.29, 0.717) is 19.4 Å². The summed E-state index contributed by atoms with van der Waals surface area (Å²) in [5, 5.41) is 13.7. The number of nitriles is 1. The van der Waals surface area contributed by atoms with Gasteiger partial charge in [0, 0.05) is 4.88 Å². The molecule has 1 N–H and O–H groups in total. The molecule has 1 saturated carbocycles. The van der Waals surface area contributed by atoms with Crippen molar-refractivity contribution in [3.05, 3.63) is 21.9 Å². The molecule has 15 heavy (non-hydrogen) atoms. The second-order valence-electron chi connectivity index (χ2n) is 3.90. The Kier molecular flexibility index (Phi) is 2.49. The highest BCUT2D eigenvalue weighted by Crippen LogP contribution is 2.45. The molecule has 0 aromatic carbocycles. The van der Waals surface area contributed by atoms with E-state index in [0.717, 1.165) is 4.88 Å². The smallest absolute Gasteiger partial charge is 0.240 e. The first-order valence-corrected chi connectivity index (χ1v) is 5.78. The summed E-state index contributed by atoms with van der Waals surface area (Å²) in [5.41, 5.74) is 0.493. The van der Waals surface area contributed by atoms with Crippen molar-refractivity contribution in [3.63, 3.8) is 0 Å². The van der Waals surface area contributed by atoms with E-state index in [1.54, 1.807) is 11.3 Å². The number of rotatable bonds is 3. The molecule has 1 aromatic rings. The van der Waals surface area contributed by atoms with Crippen LogP contribution >= 0.6 is 11.3 Å². The Morgan fingerprint density at radius 2 is 2.47 bits per heavy atom. The molecule has 0 bridgehead atoms. The van der Waals surface area contributed by atoms with Gasteiger partial charge in [0.2, 0.25) is 5.91 Å². The molecule has 1 heterocycles. The standard InChI is InChI=1S/C11H12N2OS/c1-8-2-5-15-9(8)6-13-10(14)11(7-12)3-4-11/h2,5H,3-4,6H2,1H3,(H,13,14). The predicted octanol–water partition coefficient (Wildman–Crippen LogP) is 1.98. The van der Waals surface area contributed by atoms with Gasteiger partial charge in [0.05, 0.1) is 12.6 Å². The van der Waals surface area contributed by atoms with E-state index in [4.69, 9.17) is 5.26 Å². The highest BCUT2D eigenvalue weighted by molar-refractivity contribution is 7.10. The summed E-state index contributed by atoms with van der Waals surface area (Å²) in [6, 6.07) is 4.12. The molecule has 0 spiro atoms. The summed E-state index contributed by atoms with van der Waals surface area (Å²) in [5.74, 6) is -0.113. The maximum Gasteiger partial charge on any atom is 0.240 e. The minimum Gasteiger partial charge on any atom is -0.350 e. The molecule has 3 nitrogen and oxygen atoms in total. The number of nitrogens with zero attached hydrogens (tertiary/aromatic N) is 1. The quantitative estimate of drug-likeness (QED) is 0.846. The van der Waals surface area contributed by atoms with Gasteiger partial charge in [0.1, 0.15) is 5.41 Å². The molecule has 78 valence electrons. The van der Waals surface area contributed by atoms with Crippen molar-refractivity contribution < 1.29 is 4.79 Å². The number of carbonyl (C=O) groups excluding carboxylic acids is 1. The lowest BCUT2D eigenvalue weighted by atomic mass is 10.1. The molecule has 0 saturated heterocycles. The molecule has 1 aliphatic rings. The molecule has 0 radical (unpaired) electrons. The number of thiophene rings is 1. The average Bonchev–Trinajstić information content (AvgIpc) is 2.94. The summed E-state index contributed by atoms with van der Waals surface area (Å²) in [6.45, 7) is 2.57. The van der Waals surface area contributed by atoms with E-state index in [1.807, 2.05) is 18.4 Å². The minimum atomic E-state index is -0.703.